The van der Waals surface area contributed by atoms with Crippen LogP contribution >= 0.6 is 19.8 Å². The lowest BCUT2D eigenvalue weighted by atomic mass is 10.1. The molecular weight excluding hydrogens is 369 g/mol. The summed E-state index contributed by atoms with van der Waals surface area (Å²) in [5, 5.41) is 20.0. The third kappa shape index (κ3) is 2.26. The molecule has 0 saturated carbocycles. The topological polar surface area (TPSA) is 115 Å². The quantitative estimate of drug-likeness (QED) is 0.501. The number of hydrogen-bond donors (Lipinski definition) is 1. The highest BCUT2D eigenvalue weighted by atomic mass is 127. The molecule has 0 atom stereocenters. The minimum Gasteiger partial charge on any atom is -0.478 e. The lowest BCUT2D eigenvalue weighted by Crippen LogP contribution is -2.01. The average molecular weight is 375 g/mol. The van der Waals surface area contributed by atoms with E-state index in [4.69, 9.17) is 5.11 Å². The SMILES string of the molecule is O=C(O)c1ccc2c([N+](=O)[O-])cccc2c1I(=O)=O. The molecule has 0 aliphatic carbocycles. The number of fused-ring (bicyclic) bond motifs is 1. The van der Waals surface area contributed by atoms with E-state index in [2.05, 4.69) is 0 Å². The lowest BCUT2D eigenvalue weighted by molar-refractivity contribution is -0.383. The molecule has 8 heteroatoms. The van der Waals surface area contributed by atoms with Crippen molar-refractivity contribution in [1.29, 1.82) is 0 Å². The second kappa shape index (κ2) is 4.88. The zero-order valence-corrected chi connectivity index (χ0v) is 11.4. The van der Waals surface area contributed by atoms with Crippen molar-refractivity contribution in [2.24, 2.45) is 0 Å². The third-order valence-electron chi connectivity index (χ3n) is 2.55. The van der Waals surface area contributed by atoms with Crippen molar-refractivity contribution in [3.05, 3.63) is 49.6 Å². The van der Waals surface area contributed by atoms with Crippen molar-refractivity contribution in [2.75, 3.05) is 0 Å². The van der Waals surface area contributed by atoms with Crippen molar-refractivity contribution in [3.8, 4) is 0 Å². The van der Waals surface area contributed by atoms with Gasteiger partial charge in [0, 0.05) is 11.5 Å². The Morgan fingerprint density at radius 2 is 1.84 bits per heavy atom. The van der Waals surface area contributed by atoms with E-state index in [9.17, 15) is 21.0 Å². The summed E-state index contributed by atoms with van der Waals surface area (Å²) in [6.07, 6.45) is 0. The Morgan fingerprint density at radius 1 is 1.16 bits per heavy atom. The molecule has 0 heterocycles. The van der Waals surface area contributed by atoms with Crippen molar-refractivity contribution >= 4 is 42.2 Å². The number of benzene rings is 2. The number of carbonyl (C=O) groups is 1. The first-order valence-electron chi connectivity index (χ1n) is 4.92. The van der Waals surface area contributed by atoms with Crippen LogP contribution in [0.4, 0.5) is 5.69 Å². The van der Waals surface area contributed by atoms with Crippen LogP contribution in [0.5, 0.6) is 0 Å². The van der Waals surface area contributed by atoms with Crippen LogP contribution in [0.3, 0.4) is 0 Å². The Morgan fingerprint density at radius 3 is 2.37 bits per heavy atom. The summed E-state index contributed by atoms with van der Waals surface area (Å²) in [5.74, 6) is -1.38. The van der Waals surface area contributed by atoms with E-state index in [1.54, 1.807) is 0 Å². The van der Waals surface area contributed by atoms with Gasteiger partial charge in [-0.15, -0.1) is 0 Å². The van der Waals surface area contributed by atoms with Crippen LogP contribution in [0.25, 0.3) is 10.8 Å². The molecule has 0 aliphatic heterocycles. The number of nitro groups is 1. The Kier molecular flexibility index (Phi) is 3.42. The highest BCUT2D eigenvalue weighted by Crippen LogP contribution is 2.34. The predicted molar refractivity (Wildman–Crippen MR) is 71.7 cm³/mol. The number of non-ortho nitro benzene ring substituents is 1. The predicted octanol–water partition coefficient (Wildman–Crippen LogP) is 2.81. The molecule has 0 radical (unpaired) electrons. The largest absolute Gasteiger partial charge is 0.478 e. The number of hydrogen-bond acceptors (Lipinski definition) is 5. The molecule has 2 rings (SSSR count). The first-order valence-corrected chi connectivity index (χ1v) is 7.76. The van der Waals surface area contributed by atoms with Crippen molar-refractivity contribution in [3.63, 3.8) is 0 Å². The average Bonchev–Trinajstić information content (AvgIpc) is 2.35. The maximum Gasteiger partial charge on any atom is 0.342 e. The Hall–Kier alpha value is -2.10. The van der Waals surface area contributed by atoms with Crippen LogP contribution in [0, 0.1) is 13.7 Å². The summed E-state index contributed by atoms with van der Waals surface area (Å²) in [5.41, 5.74) is -0.614. The van der Waals surface area contributed by atoms with Gasteiger partial charge in [0.25, 0.3) is 5.69 Å². The molecule has 19 heavy (non-hydrogen) atoms. The molecule has 98 valence electrons. The zero-order chi connectivity index (χ0) is 14.2. The van der Waals surface area contributed by atoms with Crippen LogP contribution in [0.1, 0.15) is 10.4 Å². The molecule has 0 aromatic heterocycles. The molecule has 0 amide bonds. The van der Waals surface area contributed by atoms with Gasteiger partial charge in [-0.25, -0.2) is 10.9 Å². The van der Waals surface area contributed by atoms with E-state index in [1.165, 1.54) is 24.3 Å². The summed E-state index contributed by atoms with van der Waals surface area (Å²) in [6, 6.07) is 6.26. The Balaban J connectivity index is 2.99. The number of aromatic carboxylic acids is 1. The van der Waals surface area contributed by atoms with Crippen molar-refractivity contribution in [1.82, 2.24) is 0 Å². The second-order valence-corrected chi connectivity index (χ2v) is 5.90. The van der Waals surface area contributed by atoms with E-state index in [0.29, 0.717) is 0 Å². The van der Waals surface area contributed by atoms with Gasteiger partial charge in [0.05, 0.1) is 19.4 Å². The minimum atomic E-state index is -4.11. The molecule has 0 unspecified atom stereocenters. The van der Waals surface area contributed by atoms with Gasteiger partial charge in [-0.3, -0.25) is 10.1 Å². The molecule has 0 bridgehead atoms. The van der Waals surface area contributed by atoms with Crippen LogP contribution in [-0.2, 0) is 6.14 Å². The van der Waals surface area contributed by atoms with Gasteiger partial charge in [0.15, 0.2) is 0 Å². The van der Waals surface area contributed by atoms with E-state index in [0.717, 1.165) is 6.07 Å². The van der Waals surface area contributed by atoms with E-state index < -0.39 is 30.7 Å². The summed E-state index contributed by atoms with van der Waals surface area (Å²) in [7, 11) is 0. The zero-order valence-electron chi connectivity index (χ0n) is 9.20. The fraction of sp³-hybridized carbons (Fsp3) is 0. The van der Waals surface area contributed by atoms with Crippen LogP contribution in [-0.4, -0.2) is 16.0 Å². The van der Waals surface area contributed by atoms with Crippen LogP contribution in [0.15, 0.2) is 30.3 Å². The van der Waals surface area contributed by atoms with Gasteiger partial charge in [-0.2, -0.15) is 0 Å². The van der Waals surface area contributed by atoms with Gasteiger partial charge in [0.1, 0.15) is 0 Å². The normalized spacial score (nSPS) is 10.8. The summed E-state index contributed by atoms with van der Waals surface area (Å²) >= 11 is -4.11. The maximum absolute atomic E-state index is 11.3. The highest BCUT2D eigenvalue weighted by Gasteiger charge is 2.21. The summed E-state index contributed by atoms with van der Waals surface area (Å²) in [4.78, 5) is 21.2. The number of carboxylic acids is 1. The van der Waals surface area contributed by atoms with E-state index in [-0.39, 0.29) is 25.6 Å². The molecular formula is C11H6INO6. The smallest absolute Gasteiger partial charge is 0.342 e. The first kappa shape index (κ1) is 13.3. The molecule has 0 fully saturated rings. The van der Waals surface area contributed by atoms with Crippen LogP contribution < -0.4 is 0 Å². The van der Waals surface area contributed by atoms with Crippen LogP contribution in [0.2, 0.25) is 0 Å². The number of nitro benzene ring substituents is 1. The minimum absolute atomic E-state index is 0.0734. The first-order chi connectivity index (χ1) is 8.93. The van der Waals surface area contributed by atoms with E-state index in [1.807, 2.05) is 0 Å². The molecule has 2 aromatic rings. The summed E-state index contributed by atoms with van der Waals surface area (Å²) < 4.78 is 22.3. The maximum atomic E-state index is 11.3. The number of halogens is 1. The third-order valence-corrected chi connectivity index (χ3v) is 4.60. The van der Waals surface area contributed by atoms with Gasteiger partial charge in [0.2, 0.25) is 0 Å². The number of rotatable bonds is 3. The van der Waals surface area contributed by atoms with Gasteiger partial charge in [-0.05, 0) is 12.1 Å². The number of nitrogens with zero attached hydrogens (tertiary/aromatic N) is 1. The van der Waals surface area contributed by atoms with Gasteiger partial charge >= 0.3 is 25.8 Å². The molecule has 2 aromatic carbocycles. The highest BCUT2D eigenvalue weighted by molar-refractivity contribution is 14.2. The second-order valence-electron chi connectivity index (χ2n) is 3.58. The number of carboxylic acid groups (broad SMARTS) is 1. The lowest BCUT2D eigenvalue weighted by Gasteiger charge is -2.04. The van der Waals surface area contributed by atoms with E-state index >= 15 is 0 Å². The van der Waals surface area contributed by atoms with Gasteiger partial charge in [-0.1, -0.05) is 12.1 Å². The summed E-state index contributed by atoms with van der Waals surface area (Å²) in [6.45, 7) is 0. The molecule has 0 saturated heterocycles. The fourth-order valence-electron chi connectivity index (χ4n) is 1.80. The van der Waals surface area contributed by atoms with Gasteiger partial charge < -0.3 is 5.11 Å². The van der Waals surface area contributed by atoms with Crippen molar-refractivity contribution < 1.29 is 21.0 Å². The Bertz CT molecular complexity index is 772. The molecule has 0 aliphatic rings. The fourth-order valence-corrected chi connectivity index (χ4v) is 3.62. The Labute approximate surface area is 113 Å². The molecule has 7 nitrogen and oxygen atoms in total. The monoisotopic (exact) mass is 375 g/mol. The standard InChI is InChI=1S/C11H6INO6/c14-11(15)8-5-4-6-7(10(8)12(16)17)2-1-3-9(6)13(18)19/h1-5H,(H,14,15). The molecule has 0 spiro atoms. The van der Waals surface area contributed by atoms with Crippen molar-refractivity contribution in [2.45, 2.75) is 0 Å². The molecule has 1 N–H and O–H groups in total.